The Hall–Kier alpha value is -2.51. The molecule has 118 valence electrons. The fourth-order valence-corrected chi connectivity index (χ4v) is 1.96. The SMILES string of the molecule is CCOC(=O)C(F)(F)c1nc2cc(OC)ccc2n(C)c1=O. The zero-order chi connectivity index (χ0) is 16.5. The number of hydrogen-bond donors (Lipinski definition) is 0. The normalized spacial score (nSPS) is 11.5. The van der Waals surface area contributed by atoms with E-state index in [1.54, 1.807) is 6.07 Å². The number of methoxy groups -OCH3 is 1. The first-order valence-electron chi connectivity index (χ1n) is 6.43. The molecular weight excluding hydrogens is 298 g/mol. The molecule has 8 heteroatoms. The predicted octanol–water partition coefficient (Wildman–Crippen LogP) is 1.60. The van der Waals surface area contributed by atoms with Gasteiger partial charge in [0.05, 0.1) is 24.8 Å². The van der Waals surface area contributed by atoms with Crippen molar-refractivity contribution in [3.05, 3.63) is 34.2 Å². The van der Waals surface area contributed by atoms with Crippen molar-refractivity contribution in [2.75, 3.05) is 13.7 Å². The number of carbonyl (C=O) groups excluding carboxylic acids is 1. The Balaban J connectivity index is 2.71. The maximum atomic E-state index is 14.1. The van der Waals surface area contributed by atoms with Gasteiger partial charge in [-0.15, -0.1) is 0 Å². The minimum atomic E-state index is -4.12. The Labute approximate surface area is 124 Å². The van der Waals surface area contributed by atoms with E-state index in [1.165, 1.54) is 33.2 Å². The van der Waals surface area contributed by atoms with Crippen LogP contribution in [0.4, 0.5) is 8.78 Å². The Bertz CT molecular complexity index is 786. The Kier molecular flexibility index (Phi) is 4.11. The molecule has 0 aliphatic carbocycles. The first-order valence-corrected chi connectivity index (χ1v) is 6.43. The van der Waals surface area contributed by atoms with Gasteiger partial charge in [0, 0.05) is 13.1 Å². The summed E-state index contributed by atoms with van der Waals surface area (Å²) in [5.41, 5.74) is -1.78. The largest absolute Gasteiger partial charge is 0.497 e. The summed E-state index contributed by atoms with van der Waals surface area (Å²) >= 11 is 0. The predicted molar refractivity (Wildman–Crippen MR) is 74.1 cm³/mol. The number of esters is 1. The summed E-state index contributed by atoms with van der Waals surface area (Å²) in [5.74, 6) is -5.53. The van der Waals surface area contributed by atoms with Gasteiger partial charge in [0.15, 0.2) is 5.69 Å². The van der Waals surface area contributed by atoms with Gasteiger partial charge in [-0.2, -0.15) is 8.78 Å². The van der Waals surface area contributed by atoms with Crippen molar-refractivity contribution >= 4 is 17.0 Å². The number of benzene rings is 1. The van der Waals surface area contributed by atoms with E-state index in [2.05, 4.69) is 9.72 Å². The average molecular weight is 312 g/mol. The molecule has 1 aromatic heterocycles. The number of alkyl halides is 2. The summed E-state index contributed by atoms with van der Waals surface area (Å²) in [6.45, 7) is 1.17. The van der Waals surface area contributed by atoms with Gasteiger partial charge in [-0.3, -0.25) is 4.79 Å². The van der Waals surface area contributed by atoms with E-state index in [9.17, 15) is 18.4 Å². The molecule has 6 nitrogen and oxygen atoms in total. The lowest BCUT2D eigenvalue weighted by Crippen LogP contribution is -2.37. The third-order valence-electron chi connectivity index (χ3n) is 3.11. The monoisotopic (exact) mass is 312 g/mol. The third kappa shape index (κ3) is 2.51. The summed E-state index contributed by atoms with van der Waals surface area (Å²) in [6, 6.07) is 4.50. The van der Waals surface area contributed by atoms with E-state index in [1.807, 2.05) is 0 Å². The first-order chi connectivity index (χ1) is 10.3. The fourth-order valence-electron chi connectivity index (χ4n) is 1.96. The summed E-state index contributed by atoms with van der Waals surface area (Å²) in [6.07, 6.45) is 0. The number of carbonyl (C=O) groups is 1. The van der Waals surface area contributed by atoms with E-state index in [0.29, 0.717) is 11.3 Å². The molecule has 0 aliphatic rings. The van der Waals surface area contributed by atoms with E-state index in [0.717, 1.165) is 4.57 Å². The second kappa shape index (κ2) is 5.70. The number of fused-ring (bicyclic) bond motifs is 1. The topological polar surface area (TPSA) is 70.4 Å². The van der Waals surface area contributed by atoms with E-state index < -0.39 is 23.1 Å². The Morgan fingerprint density at radius 1 is 1.41 bits per heavy atom. The highest BCUT2D eigenvalue weighted by Gasteiger charge is 2.47. The molecule has 0 spiro atoms. The summed E-state index contributed by atoms with van der Waals surface area (Å²) in [5, 5.41) is 0. The lowest BCUT2D eigenvalue weighted by atomic mass is 10.2. The van der Waals surface area contributed by atoms with Crippen LogP contribution in [0.15, 0.2) is 23.0 Å². The second-order valence-corrected chi connectivity index (χ2v) is 4.47. The summed E-state index contributed by atoms with van der Waals surface area (Å²) < 4.78 is 38.5. The average Bonchev–Trinajstić information content (AvgIpc) is 2.50. The molecule has 22 heavy (non-hydrogen) atoms. The van der Waals surface area contributed by atoms with Gasteiger partial charge >= 0.3 is 11.9 Å². The molecule has 0 aliphatic heterocycles. The van der Waals surface area contributed by atoms with E-state index in [4.69, 9.17) is 4.74 Å². The highest BCUT2D eigenvalue weighted by molar-refractivity contribution is 5.81. The number of rotatable bonds is 4. The van der Waals surface area contributed by atoms with Gasteiger partial charge in [-0.05, 0) is 19.1 Å². The molecule has 2 aromatic rings. The number of aromatic nitrogens is 2. The van der Waals surface area contributed by atoms with E-state index >= 15 is 0 Å². The van der Waals surface area contributed by atoms with Crippen LogP contribution in [0, 0.1) is 0 Å². The van der Waals surface area contributed by atoms with Crippen LogP contribution in [0.3, 0.4) is 0 Å². The third-order valence-corrected chi connectivity index (χ3v) is 3.11. The molecule has 2 rings (SSSR count). The number of hydrogen-bond acceptors (Lipinski definition) is 5. The zero-order valence-corrected chi connectivity index (χ0v) is 12.2. The van der Waals surface area contributed by atoms with Crippen molar-refractivity contribution in [3.8, 4) is 5.75 Å². The van der Waals surface area contributed by atoms with Crippen LogP contribution < -0.4 is 10.3 Å². The van der Waals surface area contributed by atoms with E-state index in [-0.39, 0.29) is 12.1 Å². The minimum Gasteiger partial charge on any atom is -0.497 e. The van der Waals surface area contributed by atoms with Gasteiger partial charge in [-0.25, -0.2) is 9.78 Å². The van der Waals surface area contributed by atoms with Crippen molar-refractivity contribution in [2.24, 2.45) is 7.05 Å². The molecule has 0 bridgehead atoms. The van der Waals surface area contributed by atoms with Crippen LogP contribution in [0.2, 0.25) is 0 Å². The second-order valence-electron chi connectivity index (χ2n) is 4.47. The molecule has 0 saturated heterocycles. The maximum absolute atomic E-state index is 14.1. The van der Waals surface area contributed by atoms with Crippen LogP contribution in [-0.4, -0.2) is 29.2 Å². The van der Waals surface area contributed by atoms with Crippen molar-refractivity contribution < 1.29 is 23.0 Å². The molecule has 1 aromatic carbocycles. The van der Waals surface area contributed by atoms with Gasteiger partial charge in [0.2, 0.25) is 0 Å². The summed E-state index contributed by atoms with van der Waals surface area (Å²) in [4.78, 5) is 27.1. The van der Waals surface area contributed by atoms with Gasteiger partial charge < -0.3 is 14.0 Å². The number of nitrogens with zero attached hydrogens (tertiary/aromatic N) is 2. The van der Waals surface area contributed by atoms with Gasteiger partial charge in [0.1, 0.15) is 5.75 Å². The minimum absolute atomic E-state index is 0.112. The van der Waals surface area contributed by atoms with Gasteiger partial charge in [0.25, 0.3) is 5.56 Å². The first kappa shape index (κ1) is 15.9. The molecule has 0 unspecified atom stereocenters. The summed E-state index contributed by atoms with van der Waals surface area (Å²) in [7, 11) is 2.74. The smallest absolute Gasteiger partial charge is 0.389 e. The molecule has 0 fully saturated rings. The fraction of sp³-hybridized carbons (Fsp3) is 0.357. The molecule has 0 saturated carbocycles. The number of halogens is 2. The van der Waals surface area contributed by atoms with Crippen LogP contribution >= 0.6 is 0 Å². The molecule has 0 radical (unpaired) electrons. The van der Waals surface area contributed by atoms with Crippen LogP contribution in [0.5, 0.6) is 5.75 Å². The van der Waals surface area contributed by atoms with Crippen LogP contribution in [-0.2, 0) is 22.5 Å². The number of aryl methyl sites for hydroxylation is 1. The zero-order valence-electron chi connectivity index (χ0n) is 12.2. The van der Waals surface area contributed by atoms with Crippen molar-refractivity contribution in [1.29, 1.82) is 0 Å². The molecular formula is C14H14F2N2O4. The lowest BCUT2D eigenvalue weighted by molar-refractivity contribution is -0.173. The van der Waals surface area contributed by atoms with Crippen molar-refractivity contribution in [3.63, 3.8) is 0 Å². The highest BCUT2D eigenvalue weighted by atomic mass is 19.3. The lowest BCUT2D eigenvalue weighted by Gasteiger charge is -2.15. The molecule has 0 atom stereocenters. The van der Waals surface area contributed by atoms with Crippen LogP contribution in [0.25, 0.3) is 11.0 Å². The Morgan fingerprint density at radius 3 is 2.68 bits per heavy atom. The molecule has 0 N–H and O–H groups in total. The van der Waals surface area contributed by atoms with Crippen LogP contribution in [0.1, 0.15) is 12.6 Å². The maximum Gasteiger partial charge on any atom is 0.389 e. The molecule has 0 amide bonds. The highest BCUT2D eigenvalue weighted by Crippen LogP contribution is 2.27. The Morgan fingerprint density at radius 2 is 2.09 bits per heavy atom. The van der Waals surface area contributed by atoms with Crippen molar-refractivity contribution in [1.82, 2.24) is 9.55 Å². The standard InChI is InChI=1S/C14H14F2N2O4/c1-4-22-13(20)14(15,16)11-12(19)18(2)10-6-5-8(21-3)7-9(10)17-11/h5-7H,4H2,1-3H3. The molecule has 1 heterocycles. The number of ether oxygens (including phenoxy) is 2. The van der Waals surface area contributed by atoms with Gasteiger partial charge in [-0.1, -0.05) is 0 Å². The quantitative estimate of drug-likeness (QED) is 0.802. The van der Waals surface area contributed by atoms with Crippen molar-refractivity contribution in [2.45, 2.75) is 12.8 Å².